The van der Waals surface area contributed by atoms with Crippen LogP contribution in [-0.4, -0.2) is 9.97 Å². The van der Waals surface area contributed by atoms with E-state index in [0.29, 0.717) is 11.8 Å². The number of halogens is 4. The van der Waals surface area contributed by atoms with Crippen molar-refractivity contribution in [1.29, 1.82) is 0 Å². The van der Waals surface area contributed by atoms with Crippen LogP contribution in [0.2, 0.25) is 5.02 Å². The van der Waals surface area contributed by atoms with Crippen LogP contribution in [-0.2, 0) is 6.18 Å². The molecule has 2 N–H and O–H groups in total. The van der Waals surface area contributed by atoms with E-state index < -0.39 is 11.7 Å². The van der Waals surface area contributed by atoms with Crippen LogP contribution in [0.15, 0.2) is 60.8 Å². The number of hydrogen-bond donors (Lipinski definition) is 2. The second-order valence-electron chi connectivity index (χ2n) is 5.86. The lowest BCUT2D eigenvalue weighted by Gasteiger charge is -2.15. The van der Waals surface area contributed by atoms with Crippen molar-refractivity contribution in [1.82, 2.24) is 9.97 Å². The Hall–Kier alpha value is -2.80. The molecule has 0 bridgehead atoms. The average Bonchev–Trinajstić information content (AvgIpc) is 2.63. The van der Waals surface area contributed by atoms with Crippen LogP contribution < -0.4 is 10.6 Å². The first kappa shape index (κ1) is 19.0. The number of hydrogen-bond acceptors (Lipinski definition) is 4. The number of aromatic nitrogens is 2. The summed E-state index contributed by atoms with van der Waals surface area (Å²) in [7, 11) is 0. The van der Waals surface area contributed by atoms with Crippen LogP contribution >= 0.6 is 11.6 Å². The third-order valence-corrected chi connectivity index (χ3v) is 4.19. The third kappa shape index (κ3) is 4.89. The molecule has 140 valence electrons. The maximum Gasteiger partial charge on any atom is 0.416 e. The highest BCUT2D eigenvalue weighted by molar-refractivity contribution is 6.33. The van der Waals surface area contributed by atoms with Gasteiger partial charge in [0.25, 0.3) is 0 Å². The Balaban J connectivity index is 1.78. The van der Waals surface area contributed by atoms with Crippen molar-refractivity contribution in [2.75, 3.05) is 10.6 Å². The molecule has 0 fully saturated rings. The van der Waals surface area contributed by atoms with E-state index in [1.807, 2.05) is 37.3 Å². The Bertz CT molecular complexity index is 916. The zero-order valence-electron chi connectivity index (χ0n) is 14.3. The number of nitrogens with zero attached hydrogens (tertiary/aromatic N) is 2. The molecule has 1 unspecified atom stereocenters. The van der Waals surface area contributed by atoms with Gasteiger partial charge in [0.1, 0.15) is 5.82 Å². The summed E-state index contributed by atoms with van der Waals surface area (Å²) in [5.74, 6) is 0.674. The average molecular weight is 393 g/mol. The first-order valence-electron chi connectivity index (χ1n) is 8.11. The van der Waals surface area contributed by atoms with Gasteiger partial charge in [-0.1, -0.05) is 41.9 Å². The predicted molar refractivity (Wildman–Crippen MR) is 100 cm³/mol. The number of rotatable bonds is 5. The van der Waals surface area contributed by atoms with Gasteiger partial charge in [-0.15, -0.1) is 0 Å². The molecular weight excluding hydrogens is 377 g/mol. The quantitative estimate of drug-likeness (QED) is 0.553. The monoisotopic (exact) mass is 392 g/mol. The van der Waals surface area contributed by atoms with Gasteiger partial charge in [0.2, 0.25) is 5.95 Å². The van der Waals surface area contributed by atoms with Crippen LogP contribution in [0.4, 0.5) is 30.6 Å². The Labute approximate surface area is 159 Å². The van der Waals surface area contributed by atoms with Gasteiger partial charge in [-0.2, -0.15) is 18.2 Å². The molecule has 4 nitrogen and oxygen atoms in total. The molecule has 0 saturated carbocycles. The predicted octanol–water partition coefficient (Wildman–Crippen LogP) is 6.07. The summed E-state index contributed by atoms with van der Waals surface area (Å²) in [5.41, 5.74) is 0.382. The molecule has 1 atom stereocenters. The van der Waals surface area contributed by atoms with E-state index in [4.69, 9.17) is 11.6 Å². The highest BCUT2D eigenvalue weighted by Gasteiger charge is 2.31. The molecule has 2 aromatic carbocycles. The molecule has 0 aliphatic heterocycles. The van der Waals surface area contributed by atoms with E-state index in [9.17, 15) is 13.2 Å². The van der Waals surface area contributed by atoms with Crippen molar-refractivity contribution in [3.63, 3.8) is 0 Å². The van der Waals surface area contributed by atoms with Gasteiger partial charge < -0.3 is 10.6 Å². The Kier molecular flexibility index (Phi) is 5.51. The minimum atomic E-state index is -4.45. The molecule has 0 aliphatic carbocycles. The van der Waals surface area contributed by atoms with Gasteiger partial charge in [0, 0.05) is 6.20 Å². The van der Waals surface area contributed by atoms with Gasteiger partial charge in [0.05, 0.1) is 22.3 Å². The summed E-state index contributed by atoms with van der Waals surface area (Å²) in [5, 5.41) is 6.14. The Morgan fingerprint density at radius 2 is 1.78 bits per heavy atom. The van der Waals surface area contributed by atoms with E-state index in [1.165, 1.54) is 12.3 Å². The van der Waals surface area contributed by atoms with Crippen LogP contribution in [0.5, 0.6) is 0 Å². The number of benzene rings is 2. The first-order valence-corrected chi connectivity index (χ1v) is 8.49. The lowest BCUT2D eigenvalue weighted by molar-refractivity contribution is -0.137. The molecule has 1 heterocycles. The Morgan fingerprint density at radius 3 is 2.48 bits per heavy atom. The van der Waals surface area contributed by atoms with Crippen LogP contribution in [0.1, 0.15) is 24.1 Å². The summed E-state index contributed by atoms with van der Waals surface area (Å²) in [6, 6.07) is 14.3. The second-order valence-corrected chi connectivity index (χ2v) is 6.27. The van der Waals surface area contributed by atoms with E-state index >= 15 is 0 Å². The van der Waals surface area contributed by atoms with Crippen LogP contribution in [0.25, 0.3) is 0 Å². The van der Waals surface area contributed by atoms with Gasteiger partial charge in [-0.05, 0) is 36.8 Å². The minimum Gasteiger partial charge on any atom is -0.348 e. The summed E-state index contributed by atoms with van der Waals surface area (Å²) >= 11 is 6.01. The summed E-state index contributed by atoms with van der Waals surface area (Å²) in [6.45, 7) is 1.96. The zero-order chi connectivity index (χ0) is 19.4. The smallest absolute Gasteiger partial charge is 0.348 e. The summed E-state index contributed by atoms with van der Waals surface area (Å²) in [4.78, 5) is 8.44. The topological polar surface area (TPSA) is 49.8 Å². The van der Waals surface area contributed by atoms with E-state index in [2.05, 4.69) is 20.6 Å². The van der Waals surface area contributed by atoms with Crippen molar-refractivity contribution < 1.29 is 13.2 Å². The van der Waals surface area contributed by atoms with Crippen molar-refractivity contribution in [3.8, 4) is 0 Å². The van der Waals surface area contributed by atoms with E-state index in [-0.39, 0.29) is 16.8 Å². The van der Waals surface area contributed by atoms with Gasteiger partial charge >= 0.3 is 6.18 Å². The zero-order valence-corrected chi connectivity index (χ0v) is 15.0. The number of nitrogens with one attached hydrogen (secondary N) is 2. The van der Waals surface area contributed by atoms with Crippen molar-refractivity contribution in [3.05, 3.63) is 76.9 Å². The highest BCUT2D eigenvalue weighted by atomic mass is 35.5. The molecule has 0 saturated heterocycles. The van der Waals surface area contributed by atoms with E-state index in [0.717, 1.165) is 17.7 Å². The SMILES string of the molecule is CC(Nc1nccc(Nc2cc(C(F)(F)F)ccc2Cl)n1)c1ccccc1. The van der Waals surface area contributed by atoms with Gasteiger partial charge in [0.15, 0.2) is 0 Å². The third-order valence-electron chi connectivity index (χ3n) is 3.86. The maximum atomic E-state index is 12.9. The molecule has 1 aromatic heterocycles. The largest absolute Gasteiger partial charge is 0.416 e. The molecule has 8 heteroatoms. The molecule has 0 radical (unpaired) electrons. The van der Waals surface area contributed by atoms with Crippen LogP contribution in [0.3, 0.4) is 0 Å². The fourth-order valence-corrected chi connectivity index (χ4v) is 2.62. The van der Waals surface area contributed by atoms with Crippen molar-refractivity contribution in [2.24, 2.45) is 0 Å². The molecule has 27 heavy (non-hydrogen) atoms. The number of anilines is 3. The fourth-order valence-electron chi connectivity index (χ4n) is 2.45. The first-order chi connectivity index (χ1) is 12.8. The molecule has 0 aliphatic rings. The fraction of sp³-hybridized carbons (Fsp3) is 0.158. The molecule has 0 spiro atoms. The van der Waals surface area contributed by atoms with Crippen LogP contribution in [0, 0.1) is 0 Å². The standard InChI is InChI=1S/C19H16ClF3N4/c1-12(13-5-3-2-4-6-13)25-18-24-10-9-17(27-18)26-16-11-14(19(21,22)23)7-8-15(16)20/h2-12H,1H3,(H2,24,25,26,27). The summed E-state index contributed by atoms with van der Waals surface area (Å²) < 4.78 is 38.7. The number of alkyl halides is 3. The molecule has 3 rings (SSSR count). The second kappa shape index (κ2) is 7.84. The van der Waals surface area contributed by atoms with Crippen molar-refractivity contribution >= 4 is 29.1 Å². The highest BCUT2D eigenvalue weighted by Crippen LogP contribution is 2.34. The summed E-state index contributed by atoms with van der Waals surface area (Å²) in [6.07, 6.45) is -2.94. The normalized spacial score (nSPS) is 12.5. The lowest BCUT2D eigenvalue weighted by Crippen LogP contribution is -2.10. The minimum absolute atomic E-state index is 0.0430. The van der Waals surface area contributed by atoms with Crippen molar-refractivity contribution in [2.45, 2.75) is 19.1 Å². The van der Waals surface area contributed by atoms with Gasteiger partial charge in [-0.3, -0.25) is 0 Å². The Morgan fingerprint density at radius 1 is 1.04 bits per heavy atom. The maximum absolute atomic E-state index is 12.9. The molecule has 3 aromatic rings. The molecule has 0 amide bonds. The molecular formula is C19H16ClF3N4. The lowest BCUT2D eigenvalue weighted by atomic mass is 10.1. The van der Waals surface area contributed by atoms with E-state index in [1.54, 1.807) is 6.07 Å². The van der Waals surface area contributed by atoms with Gasteiger partial charge in [-0.25, -0.2) is 4.98 Å².